The highest BCUT2D eigenvalue weighted by Crippen LogP contribution is 2.20. The highest BCUT2D eigenvalue weighted by molar-refractivity contribution is 7.90. The summed E-state index contributed by atoms with van der Waals surface area (Å²) >= 11 is 0. The Balaban J connectivity index is 3.15. The number of hydrogen-bond acceptors (Lipinski definition) is 4. The van der Waals surface area contributed by atoms with E-state index in [1.54, 1.807) is 20.8 Å². The molecular formula is C10H17N3O4S2. The lowest BCUT2D eigenvalue weighted by Crippen LogP contribution is -2.35. The van der Waals surface area contributed by atoms with Gasteiger partial charge in [-0.15, -0.1) is 0 Å². The molecule has 0 aliphatic rings. The molecule has 0 saturated carbocycles. The van der Waals surface area contributed by atoms with E-state index in [2.05, 4.69) is 9.44 Å². The highest BCUT2D eigenvalue weighted by atomic mass is 32.2. The van der Waals surface area contributed by atoms with E-state index in [0.717, 1.165) is 0 Å². The van der Waals surface area contributed by atoms with E-state index in [1.807, 2.05) is 0 Å². The average Bonchev–Trinajstić information content (AvgIpc) is 2.17. The number of sulfonamides is 1. The number of rotatable bonds is 5. The molecule has 0 spiro atoms. The number of hydrogen-bond donors (Lipinski definition) is 3. The van der Waals surface area contributed by atoms with Gasteiger partial charge in [-0.1, -0.05) is 6.07 Å². The van der Waals surface area contributed by atoms with Crippen LogP contribution >= 0.6 is 0 Å². The van der Waals surface area contributed by atoms with Crippen molar-refractivity contribution in [2.24, 2.45) is 5.14 Å². The lowest BCUT2D eigenvalue weighted by Gasteiger charge is -2.14. The Morgan fingerprint density at radius 1 is 1.16 bits per heavy atom. The molecule has 0 saturated heterocycles. The number of aryl methyl sites for hydroxylation is 1. The minimum atomic E-state index is -3.88. The van der Waals surface area contributed by atoms with E-state index < -0.39 is 20.2 Å². The summed E-state index contributed by atoms with van der Waals surface area (Å²) in [5, 5.41) is 5.00. The van der Waals surface area contributed by atoms with Crippen LogP contribution in [0.25, 0.3) is 0 Å². The number of nitrogens with one attached hydrogen (secondary N) is 2. The first-order valence-corrected chi connectivity index (χ1v) is 8.48. The fourth-order valence-corrected chi connectivity index (χ4v) is 3.10. The van der Waals surface area contributed by atoms with Crippen molar-refractivity contribution in [1.29, 1.82) is 0 Å². The van der Waals surface area contributed by atoms with Gasteiger partial charge in [-0.05, 0) is 38.5 Å². The van der Waals surface area contributed by atoms with Crippen LogP contribution in [0.5, 0.6) is 0 Å². The zero-order chi connectivity index (χ0) is 14.8. The van der Waals surface area contributed by atoms with Crippen molar-refractivity contribution in [3.8, 4) is 0 Å². The van der Waals surface area contributed by atoms with Gasteiger partial charge in [-0.3, -0.25) is 4.72 Å². The van der Waals surface area contributed by atoms with Gasteiger partial charge in [0, 0.05) is 6.04 Å². The van der Waals surface area contributed by atoms with Crippen molar-refractivity contribution in [3.63, 3.8) is 0 Å². The van der Waals surface area contributed by atoms with Crippen molar-refractivity contribution in [2.75, 3.05) is 4.72 Å². The summed E-state index contributed by atoms with van der Waals surface area (Å²) in [6.45, 7) is 5.00. The molecule has 0 fully saturated rings. The van der Waals surface area contributed by atoms with Crippen molar-refractivity contribution >= 4 is 25.9 Å². The quantitative estimate of drug-likeness (QED) is 0.724. The van der Waals surface area contributed by atoms with Crippen molar-refractivity contribution in [1.82, 2.24) is 4.72 Å². The third-order valence-electron chi connectivity index (χ3n) is 2.17. The molecule has 7 nitrogen and oxygen atoms in total. The molecule has 0 aromatic heterocycles. The molecule has 108 valence electrons. The Bertz CT molecular complexity index is 666. The summed E-state index contributed by atoms with van der Waals surface area (Å²) in [6, 6.07) is 3.70. The van der Waals surface area contributed by atoms with Crippen LogP contribution in [0.15, 0.2) is 23.1 Å². The minimum absolute atomic E-state index is 0.152. The summed E-state index contributed by atoms with van der Waals surface area (Å²) in [7, 11) is -7.63. The van der Waals surface area contributed by atoms with Crippen molar-refractivity contribution in [2.45, 2.75) is 31.7 Å². The van der Waals surface area contributed by atoms with Crippen LogP contribution in [-0.4, -0.2) is 22.9 Å². The van der Waals surface area contributed by atoms with Crippen molar-refractivity contribution in [3.05, 3.63) is 23.8 Å². The Morgan fingerprint density at radius 2 is 1.74 bits per heavy atom. The maximum absolute atomic E-state index is 11.7. The van der Waals surface area contributed by atoms with Gasteiger partial charge >= 0.3 is 0 Å². The van der Waals surface area contributed by atoms with Crippen LogP contribution in [0.2, 0.25) is 0 Å². The fourth-order valence-electron chi connectivity index (χ4n) is 1.37. The first kappa shape index (κ1) is 15.9. The molecule has 0 amide bonds. The van der Waals surface area contributed by atoms with Crippen LogP contribution in [0.4, 0.5) is 5.69 Å². The van der Waals surface area contributed by atoms with Crippen molar-refractivity contribution < 1.29 is 16.8 Å². The van der Waals surface area contributed by atoms with Crippen LogP contribution < -0.4 is 14.6 Å². The SMILES string of the molecule is Cc1ccc(S(N)(=O)=O)cc1NS(=O)(=O)NC(C)C. The van der Waals surface area contributed by atoms with Gasteiger partial charge in [0.05, 0.1) is 10.6 Å². The number of benzene rings is 1. The molecule has 1 aromatic rings. The van der Waals surface area contributed by atoms with Gasteiger partial charge in [-0.2, -0.15) is 13.1 Å². The molecule has 4 N–H and O–H groups in total. The van der Waals surface area contributed by atoms with Gasteiger partial charge in [-0.25, -0.2) is 13.6 Å². The summed E-state index contributed by atoms with van der Waals surface area (Å²) < 4.78 is 50.5. The second-order valence-corrected chi connectivity index (χ2v) is 7.41. The summed E-state index contributed by atoms with van der Waals surface area (Å²) in [4.78, 5) is -0.152. The monoisotopic (exact) mass is 307 g/mol. The first-order valence-electron chi connectivity index (χ1n) is 5.45. The molecule has 0 atom stereocenters. The molecule has 0 aliphatic heterocycles. The normalized spacial score (nSPS) is 12.7. The van der Waals surface area contributed by atoms with Gasteiger partial charge in [0.15, 0.2) is 0 Å². The van der Waals surface area contributed by atoms with Gasteiger partial charge in [0.2, 0.25) is 10.0 Å². The number of anilines is 1. The zero-order valence-electron chi connectivity index (χ0n) is 10.8. The fraction of sp³-hybridized carbons (Fsp3) is 0.400. The molecule has 1 aromatic carbocycles. The van der Waals surface area contributed by atoms with E-state index in [0.29, 0.717) is 5.56 Å². The Morgan fingerprint density at radius 3 is 2.21 bits per heavy atom. The summed E-state index contributed by atoms with van der Waals surface area (Å²) in [6.07, 6.45) is 0. The molecule has 1 rings (SSSR count). The smallest absolute Gasteiger partial charge is 0.271 e. The van der Waals surface area contributed by atoms with E-state index in [-0.39, 0.29) is 16.6 Å². The zero-order valence-corrected chi connectivity index (χ0v) is 12.5. The molecule has 0 bridgehead atoms. The Labute approximate surface area is 113 Å². The second kappa shape index (κ2) is 5.45. The largest absolute Gasteiger partial charge is 0.299 e. The number of primary sulfonamides is 1. The number of nitrogens with two attached hydrogens (primary N) is 1. The molecule has 19 heavy (non-hydrogen) atoms. The lowest BCUT2D eigenvalue weighted by molar-refractivity contribution is 0.575. The minimum Gasteiger partial charge on any atom is -0.271 e. The first-order chi connectivity index (χ1) is 8.51. The summed E-state index contributed by atoms with van der Waals surface area (Å²) in [5.41, 5.74) is 0.751. The average molecular weight is 307 g/mol. The standard InChI is InChI=1S/C10H17N3O4S2/c1-7(2)12-19(16,17)13-10-6-9(18(11,14)15)5-4-8(10)3/h4-7,12-13H,1-3H3,(H2,11,14,15). The van der Waals surface area contributed by atoms with Gasteiger partial charge < -0.3 is 0 Å². The third kappa shape index (κ3) is 4.78. The Kier molecular flexibility index (Phi) is 4.56. The lowest BCUT2D eigenvalue weighted by atomic mass is 10.2. The molecule has 0 aliphatic carbocycles. The molecule has 0 radical (unpaired) electrons. The molecule has 0 heterocycles. The predicted molar refractivity (Wildman–Crippen MR) is 73.4 cm³/mol. The van der Waals surface area contributed by atoms with Crippen LogP contribution in [0.3, 0.4) is 0 Å². The van der Waals surface area contributed by atoms with Crippen LogP contribution in [0, 0.1) is 6.92 Å². The summed E-state index contributed by atoms with van der Waals surface area (Å²) in [5.74, 6) is 0. The second-order valence-electron chi connectivity index (χ2n) is 4.40. The third-order valence-corrected chi connectivity index (χ3v) is 4.35. The maximum Gasteiger partial charge on any atom is 0.299 e. The van der Waals surface area contributed by atoms with E-state index in [1.165, 1.54) is 18.2 Å². The van der Waals surface area contributed by atoms with E-state index in [9.17, 15) is 16.8 Å². The van der Waals surface area contributed by atoms with Crippen LogP contribution in [-0.2, 0) is 20.2 Å². The maximum atomic E-state index is 11.7. The Hall–Kier alpha value is -1.16. The highest BCUT2D eigenvalue weighted by Gasteiger charge is 2.15. The predicted octanol–water partition coefficient (Wildman–Crippen LogP) is 0.297. The van der Waals surface area contributed by atoms with E-state index in [4.69, 9.17) is 5.14 Å². The molecular weight excluding hydrogens is 290 g/mol. The molecule has 0 unspecified atom stereocenters. The topological polar surface area (TPSA) is 118 Å². The van der Waals surface area contributed by atoms with Crippen LogP contribution in [0.1, 0.15) is 19.4 Å². The van der Waals surface area contributed by atoms with Gasteiger partial charge in [0.1, 0.15) is 0 Å². The molecule has 9 heteroatoms. The van der Waals surface area contributed by atoms with Gasteiger partial charge in [0.25, 0.3) is 10.2 Å². The van der Waals surface area contributed by atoms with E-state index >= 15 is 0 Å².